The van der Waals surface area contributed by atoms with Crippen molar-refractivity contribution in [3.05, 3.63) is 11.7 Å². The average molecular weight is 310 g/mol. The topological polar surface area (TPSA) is 51.2 Å². The second-order valence-corrected chi connectivity index (χ2v) is 7.93. The minimum absolute atomic E-state index is 0.392. The number of likely N-dealkylation sites (N-methyl/N-ethyl adjacent to an activating group) is 1. The smallest absolute Gasteiger partial charge is 0.442 e. The Balaban J connectivity index is 2.12. The lowest BCUT2D eigenvalue weighted by Gasteiger charge is -2.32. The van der Waals surface area contributed by atoms with Crippen LogP contribution in [-0.4, -0.2) is 53.6 Å². The summed E-state index contributed by atoms with van der Waals surface area (Å²) >= 11 is 0. The van der Waals surface area contributed by atoms with Gasteiger partial charge >= 0.3 is 13.2 Å². The van der Waals surface area contributed by atoms with E-state index in [9.17, 15) is 4.79 Å². The van der Waals surface area contributed by atoms with Gasteiger partial charge in [-0.2, -0.15) is 0 Å². The van der Waals surface area contributed by atoms with Crippen LogP contribution in [0.3, 0.4) is 0 Å². The first-order valence-electron chi connectivity index (χ1n) is 7.62. The van der Waals surface area contributed by atoms with E-state index in [0.29, 0.717) is 6.54 Å². The van der Waals surface area contributed by atoms with Crippen molar-refractivity contribution in [1.29, 1.82) is 0 Å². The van der Waals surface area contributed by atoms with Crippen molar-refractivity contribution in [1.82, 2.24) is 10.0 Å². The number of carbonyl (C=O) groups excluding carboxylic acids is 1. The molecule has 7 heteroatoms. The SMILES string of the molecule is CN1CC(B2OC(C)(C)C(C)(C)O2)=CN1C(=O)OC(C)(C)C. The van der Waals surface area contributed by atoms with Crippen LogP contribution in [0.15, 0.2) is 11.7 Å². The number of hydrogen-bond acceptors (Lipinski definition) is 5. The van der Waals surface area contributed by atoms with Crippen molar-refractivity contribution in [3.8, 4) is 0 Å². The Morgan fingerprint density at radius 2 is 1.73 bits per heavy atom. The zero-order valence-corrected chi connectivity index (χ0v) is 14.9. The van der Waals surface area contributed by atoms with E-state index in [-0.39, 0.29) is 0 Å². The fraction of sp³-hybridized carbons (Fsp3) is 0.800. The molecule has 124 valence electrons. The first-order chi connectivity index (χ1) is 9.82. The molecule has 1 fully saturated rings. The Hall–Kier alpha value is -1.05. The van der Waals surface area contributed by atoms with Gasteiger partial charge in [0.25, 0.3) is 0 Å². The molecule has 0 radical (unpaired) electrons. The number of ether oxygens (including phenoxy) is 1. The summed E-state index contributed by atoms with van der Waals surface area (Å²) in [6.45, 7) is 14.2. The van der Waals surface area contributed by atoms with Crippen molar-refractivity contribution in [2.75, 3.05) is 13.6 Å². The van der Waals surface area contributed by atoms with Gasteiger partial charge in [-0.15, -0.1) is 0 Å². The zero-order chi connectivity index (χ0) is 16.9. The Morgan fingerprint density at radius 1 is 1.23 bits per heavy atom. The lowest BCUT2D eigenvalue weighted by atomic mass is 9.79. The summed E-state index contributed by atoms with van der Waals surface area (Å²) in [4.78, 5) is 12.2. The van der Waals surface area contributed by atoms with Crippen LogP contribution >= 0.6 is 0 Å². The summed E-state index contributed by atoms with van der Waals surface area (Å²) < 4.78 is 17.5. The molecular formula is C15H27BN2O4. The monoisotopic (exact) mass is 310 g/mol. The quantitative estimate of drug-likeness (QED) is 0.697. The lowest BCUT2D eigenvalue weighted by molar-refractivity contribution is -0.00571. The van der Waals surface area contributed by atoms with Crippen LogP contribution in [0.25, 0.3) is 0 Å². The first kappa shape index (κ1) is 17.3. The summed E-state index contributed by atoms with van der Waals surface area (Å²) in [6, 6.07) is 0. The van der Waals surface area contributed by atoms with Gasteiger partial charge in [0, 0.05) is 19.8 Å². The summed E-state index contributed by atoms with van der Waals surface area (Å²) in [7, 11) is 1.39. The van der Waals surface area contributed by atoms with Crippen molar-refractivity contribution in [3.63, 3.8) is 0 Å². The summed E-state index contributed by atoms with van der Waals surface area (Å²) in [6.07, 6.45) is 1.34. The van der Waals surface area contributed by atoms with Gasteiger partial charge in [0.2, 0.25) is 0 Å². The van der Waals surface area contributed by atoms with E-state index in [2.05, 4.69) is 0 Å². The lowest BCUT2D eigenvalue weighted by Crippen LogP contribution is -2.41. The zero-order valence-electron chi connectivity index (χ0n) is 14.9. The van der Waals surface area contributed by atoms with Gasteiger partial charge in [0.1, 0.15) is 5.60 Å². The fourth-order valence-corrected chi connectivity index (χ4v) is 2.27. The number of carbonyl (C=O) groups is 1. The number of rotatable bonds is 1. The minimum Gasteiger partial charge on any atom is -0.442 e. The molecule has 0 aromatic rings. The van der Waals surface area contributed by atoms with Crippen molar-refractivity contribution >= 4 is 13.2 Å². The van der Waals surface area contributed by atoms with Crippen LogP contribution in [0, 0.1) is 0 Å². The van der Waals surface area contributed by atoms with Crippen LogP contribution in [0.2, 0.25) is 0 Å². The molecule has 2 rings (SSSR count). The molecule has 0 aliphatic carbocycles. The normalized spacial score (nSPS) is 24.6. The second kappa shape index (κ2) is 5.25. The number of hydrogen-bond donors (Lipinski definition) is 0. The van der Waals surface area contributed by atoms with E-state index >= 15 is 0 Å². The van der Waals surface area contributed by atoms with E-state index in [1.54, 1.807) is 11.2 Å². The van der Waals surface area contributed by atoms with E-state index in [4.69, 9.17) is 14.0 Å². The van der Waals surface area contributed by atoms with Gasteiger partial charge in [-0.1, -0.05) is 0 Å². The molecule has 1 amide bonds. The Kier molecular flexibility index (Phi) is 4.13. The highest BCUT2D eigenvalue weighted by molar-refractivity contribution is 6.54. The third-order valence-electron chi connectivity index (χ3n) is 4.20. The molecule has 2 aliphatic heterocycles. The predicted molar refractivity (Wildman–Crippen MR) is 84.9 cm³/mol. The van der Waals surface area contributed by atoms with Gasteiger partial charge in [0.05, 0.1) is 11.2 Å². The maximum absolute atomic E-state index is 12.2. The molecule has 0 saturated carbocycles. The predicted octanol–water partition coefficient (Wildman–Crippen LogP) is 2.60. The highest BCUT2D eigenvalue weighted by Gasteiger charge is 2.53. The van der Waals surface area contributed by atoms with E-state index < -0.39 is 30.0 Å². The second-order valence-electron chi connectivity index (χ2n) is 7.93. The standard InChI is InChI=1S/C15H27BN2O4/c1-13(2,3)20-12(19)18-10-11(9-17(18)8)16-21-14(4,5)15(6,7)22-16/h10H,9H2,1-8H3. The number of hydrazine groups is 1. The van der Waals surface area contributed by atoms with Crippen LogP contribution in [0.1, 0.15) is 48.5 Å². The van der Waals surface area contributed by atoms with Gasteiger partial charge in [-0.3, -0.25) is 0 Å². The van der Waals surface area contributed by atoms with Crippen molar-refractivity contribution in [2.45, 2.75) is 65.3 Å². The van der Waals surface area contributed by atoms with Crippen molar-refractivity contribution < 1.29 is 18.8 Å². The highest BCUT2D eigenvalue weighted by atomic mass is 16.7. The van der Waals surface area contributed by atoms with E-state index in [1.165, 1.54) is 5.01 Å². The van der Waals surface area contributed by atoms with Gasteiger partial charge in [0.15, 0.2) is 0 Å². The van der Waals surface area contributed by atoms with Crippen molar-refractivity contribution in [2.24, 2.45) is 0 Å². The third-order valence-corrected chi connectivity index (χ3v) is 4.20. The van der Waals surface area contributed by atoms with E-state index in [0.717, 1.165) is 5.47 Å². The first-order valence-corrected chi connectivity index (χ1v) is 7.62. The molecule has 1 saturated heterocycles. The number of amides is 1. The highest BCUT2D eigenvalue weighted by Crippen LogP contribution is 2.39. The molecule has 6 nitrogen and oxygen atoms in total. The molecule has 0 atom stereocenters. The van der Waals surface area contributed by atoms with E-state index in [1.807, 2.05) is 55.5 Å². The Labute approximate surface area is 133 Å². The fourth-order valence-electron chi connectivity index (χ4n) is 2.27. The largest absolute Gasteiger partial charge is 0.493 e. The van der Waals surface area contributed by atoms with Gasteiger partial charge in [-0.25, -0.2) is 14.8 Å². The average Bonchev–Trinajstić information content (AvgIpc) is 2.75. The Morgan fingerprint density at radius 3 is 2.18 bits per heavy atom. The van der Waals surface area contributed by atoms with Crippen LogP contribution in [-0.2, 0) is 14.0 Å². The molecule has 0 unspecified atom stereocenters. The Bertz CT molecular complexity index is 480. The minimum atomic E-state index is -0.529. The summed E-state index contributed by atoms with van der Waals surface area (Å²) in [5.41, 5.74) is -0.405. The van der Waals surface area contributed by atoms with Gasteiger partial charge in [-0.05, 0) is 53.9 Å². The maximum Gasteiger partial charge on any atom is 0.493 e. The molecule has 2 aliphatic rings. The molecule has 0 bridgehead atoms. The van der Waals surface area contributed by atoms with Crippen LogP contribution in [0.5, 0.6) is 0 Å². The van der Waals surface area contributed by atoms with Gasteiger partial charge < -0.3 is 14.0 Å². The molecular weight excluding hydrogens is 283 g/mol. The molecule has 0 spiro atoms. The summed E-state index contributed by atoms with van der Waals surface area (Å²) in [5.74, 6) is 0. The third kappa shape index (κ3) is 3.31. The summed E-state index contributed by atoms with van der Waals surface area (Å²) in [5, 5.41) is 3.25. The molecule has 0 aromatic carbocycles. The molecule has 22 heavy (non-hydrogen) atoms. The molecule has 0 aromatic heterocycles. The van der Waals surface area contributed by atoms with Crippen LogP contribution in [0.4, 0.5) is 4.79 Å². The molecule has 2 heterocycles. The number of nitrogens with zero attached hydrogens (tertiary/aromatic N) is 2. The maximum atomic E-state index is 12.2. The molecule has 0 N–H and O–H groups in total. The van der Waals surface area contributed by atoms with Crippen LogP contribution < -0.4 is 0 Å².